The Hall–Kier alpha value is -3.48. The molecule has 0 radical (unpaired) electrons. The van der Waals surface area contributed by atoms with Crippen LogP contribution < -0.4 is 20.0 Å². The standard InChI is InChI=1S/C24H28N2O5/c1-4-16-8-10-17(11-9-16)20-15-19(18-12-13-21(30-2)22(14-18)31-3)25-26(20)23(27)6-5-7-24(28)29/h8-15,20,25H,4-7H2,1-3H3,(H,28,29)/p-1/t20-/m1/s1. The minimum Gasteiger partial charge on any atom is -0.550 e. The Morgan fingerprint density at radius 1 is 1.03 bits per heavy atom. The first-order valence-electron chi connectivity index (χ1n) is 10.3. The van der Waals surface area contributed by atoms with Crippen LogP contribution in [0.1, 0.15) is 48.9 Å². The number of hydrazine groups is 1. The molecule has 1 heterocycles. The van der Waals surface area contributed by atoms with Crippen molar-refractivity contribution in [3.63, 3.8) is 0 Å². The van der Waals surface area contributed by atoms with Gasteiger partial charge in [0.15, 0.2) is 11.5 Å². The number of hydrogen-bond donors (Lipinski definition) is 1. The average molecular weight is 423 g/mol. The first-order chi connectivity index (χ1) is 15.0. The van der Waals surface area contributed by atoms with Crippen LogP contribution in [0.4, 0.5) is 0 Å². The average Bonchev–Trinajstić information content (AvgIpc) is 3.24. The first-order valence-corrected chi connectivity index (χ1v) is 10.3. The highest BCUT2D eigenvalue weighted by Gasteiger charge is 2.30. The Balaban J connectivity index is 1.90. The normalized spacial score (nSPS) is 15.3. The third kappa shape index (κ3) is 5.17. The molecule has 2 aromatic carbocycles. The van der Waals surface area contributed by atoms with E-state index in [1.54, 1.807) is 19.2 Å². The van der Waals surface area contributed by atoms with E-state index in [0.29, 0.717) is 11.5 Å². The van der Waals surface area contributed by atoms with Gasteiger partial charge < -0.3 is 19.4 Å². The van der Waals surface area contributed by atoms with Crippen LogP contribution in [0.3, 0.4) is 0 Å². The molecule has 1 aliphatic rings. The summed E-state index contributed by atoms with van der Waals surface area (Å²) in [6.07, 6.45) is 3.11. The molecule has 2 aromatic rings. The highest BCUT2D eigenvalue weighted by Crippen LogP contribution is 2.35. The number of carboxylic acids is 1. The molecule has 7 nitrogen and oxygen atoms in total. The Kier molecular flexibility index (Phi) is 7.18. The second-order valence-electron chi connectivity index (χ2n) is 7.29. The third-order valence-electron chi connectivity index (χ3n) is 5.31. The van der Waals surface area contributed by atoms with Gasteiger partial charge in [-0.25, -0.2) is 5.01 Å². The van der Waals surface area contributed by atoms with Gasteiger partial charge in [-0.15, -0.1) is 0 Å². The monoisotopic (exact) mass is 423 g/mol. The maximum atomic E-state index is 12.9. The van der Waals surface area contributed by atoms with Crippen LogP contribution in [0.25, 0.3) is 5.70 Å². The lowest BCUT2D eigenvalue weighted by molar-refractivity contribution is -0.305. The number of carbonyl (C=O) groups is 2. The number of methoxy groups -OCH3 is 2. The summed E-state index contributed by atoms with van der Waals surface area (Å²) >= 11 is 0. The van der Waals surface area contributed by atoms with E-state index in [4.69, 9.17) is 9.47 Å². The molecule has 0 bridgehead atoms. The highest BCUT2D eigenvalue weighted by atomic mass is 16.5. The second kappa shape index (κ2) is 10.0. The summed E-state index contributed by atoms with van der Waals surface area (Å²) in [5.41, 5.74) is 6.98. The molecule has 0 unspecified atom stereocenters. The van der Waals surface area contributed by atoms with Crippen LogP contribution in [0.15, 0.2) is 48.5 Å². The van der Waals surface area contributed by atoms with Gasteiger partial charge in [-0.3, -0.25) is 10.2 Å². The van der Waals surface area contributed by atoms with E-state index >= 15 is 0 Å². The third-order valence-corrected chi connectivity index (χ3v) is 5.31. The number of rotatable bonds is 9. The van der Waals surface area contributed by atoms with Crippen LogP contribution in [0.5, 0.6) is 11.5 Å². The van der Waals surface area contributed by atoms with Crippen molar-refractivity contribution in [3.8, 4) is 11.5 Å². The Morgan fingerprint density at radius 3 is 2.35 bits per heavy atom. The number of benzene rings is 2. The van der Waals surface area contributed by atoms with Crippen LogP contribution >= 0.6 is 0 Å². The number of carboxylic acid groups (broad SMARTS) is 1. The number of aryl methyl sites for hydroxylation is 1. The fraction of sp³-hybridized carbons (Fsp3) is 0.333. The van der Waals surface area contributed by atoms with E-state index in [-0.39, 0.29) is 31.2 Å². The Labute approximate surface area is 182 Å². The first kappa shape index (κ1) is 22.2. The molecule has 1 amide bonds. The molecule has 0 aliphatic carbocycles. The van der Waals surface area contributed by atoms with Gasteiger partial charge in [0.05, 0.1) is 26.0 Å². The Morgan fingerprint density at radius 2 is 1.74 bits per heavy atom. The van der Waals surface area contributed by atoms with Gasteiger partial charge in [0.25, 0.3) is 0 Å². The molecular weight excluding hydrogens is 396 g/mol. The second-order valence-corrected chi connectivity index (χ2v) is 7.29. The van der Waals surface area contributed by atoms with Gasteiger partial charge in [0.1, 0.15) is 0 Å². The zero-order valence-corrected chi connectivity index (χ0v) is 18.0. The van der Waals surface area contributed by atoms with Crippen LogP contribution in [-0.2, 0) is 16.0 Å². The SMILES string of the molecule is CCc1ccc([C@H]2C=C(c3ccc(OC)c(OC)c3)NN2C(=O)CCCC(=O)[O-])cc1. The summed E-state index contributed by atoms with van der Waals surface area (Å²) < 4.78 is 10.7. The smallest absolute Gasteiger partial charge is 0.241 e. The van der Waals surface area contributed by atoms with Gasteiger partial charge in [0.2, 0.25) is 5.91 Å². The maximum absolute atomic E-state index is 12.9. The quantitative estimate of drug-likeness (QED) is 0.667. The van der Waals surface area contributed by atoms with Crippen molar-refractivity contribution in [1.29, 1.82) is 0 Å². The van der Waals surface area contributed by atoms with Gasteiger partial charge in [-0.05, 0) is 54.7 Å². The summed E-state index contributed by atoms with van der Waals surface area (Å²) in [5.74, 6) is -0.132. The molecule has 0 saturated heterocycles. The summed E-state index contributed by atoms with van der Waals surface area (Å²) in [4.78, 5) is 23.6. The summed E-state index contributed by atoms with van der Waals surface area (Å²) in [5, 5.41) is 12.3. The lowest BCUT2D eigenvalue weighted by atomic mass is 10.0. The molecule has 0 saturated carbocycles. The van der Waals surface area contributed by atoms with E-state index in [1.807, 2.05) is 36.4 Å². The highest BCUT2D eigenvalue weighted by molar-refractivity contribution is 5.81. The lowest BCUT2D eigenvalue weighted by Gasteiger charge is -2.26. The molecule has 1 atom stereocenters. The number of nitrogens with one attached hydrogen (secondary N) is 1. The van der Waals surface area contributed by atoms with E-state index < -0.39 is 5.97 Å². The number of aliphatic carboxylic acids is 1. The van der Waals surface area contributed by atoms with Gasteiger partial charge in [0, 0.05) is 18.0 Å². The van der Waals surface area contributed by atoms with E-state index in [0.717, 1.165) is 23.2 Å². The van der Waals surface area contributed by atoms with Crippen molar-refractivity contribution in [1.82, 2.24) is 10.4 Å². The van der Waals surface area contributed by atoms with E-state index in [2.05, 4.69) is 24.5 Å². The molecule has 1 N–H and O–H groups in total. The largest absolute Gasteiger partial charge is 0.550 e. The minimum absolute atomic E-state index is 0.109. The summed E-state index contributed by atoms with van der Waals surface area (Å²) in [7, 11) is 3.15. The summed E-state index contributed by atoms with van der Waals surface area (Å²) in [6, 6.07) is 13.4. The van der Waals surface area contributed by atoms with Crippen LogP contribution in [0, 0.1) is 0 Å². The number of carbonyl (C=O) groups excluding carboxylic acids is 2. The molecule has 164 valence electrons. The van der Waals surface area contributed by atoms with Crippen LogP contribution in [0.2, 0.25) is 0 Å². The molecule has 31 heavy (non-hydrogen) atoms. The van der Waals surface area contributed by atoms with Crippen molar-refractivity contribution >= 4 is 17.6 Å². The molecule has 1 aliphatic heterocycles. The maximum Gasteiger partial charge on any atom is 0.241 e. The van der Waals surface area contributed by atoms with Crippen molar-refractivity contribution in [2.24, 2.45) is 0 Å². The number of hydrogen-bond acceptors (Lipinski definition) is 6. The minimum atomic E-state index is -1.15. The topological polar surface area (TPSA) is 90.9 Å². The summed E-state index contributed by atoms with van der Waals surface area (Å²) in [6.45, 7) is 2.09. The van der Waals surface area contributed by atoms with Crippen molar-refractivity contribution in [2.75, 3.05) is 14.2 Å². The predicted octanol–water partition coefficient (Wildman–Crippen LogP) is 2.62. The van der Waals surface area contributed by atoms with Crippen molar-refractivity contribution in [2.45, 2.75) is 38.6 Å². The van der Waals surface area contributed by atoms with Gasteiger partial charge in [-0.1, -0.05) is 31.2 Å². The van der Waals surface area contributed by atoms with Crippen molar-refractivity contribution < 1.29 is 24.2 Å². The van der Waals surface area contributed by atoms with Crippen LogP contribution in [-0.4, -0.2) is 31.1 Å². The van der Waals surface area contributed by atoms with Gasteiger partial charge in [-0.2, -0.15) is 0 Å². The number of nitrogens with zero attached hydrogens (tertiary/aromatic N) is 1. The molecule has 0 fully saturated rings. The fourth-order valence-corrected chi connectivity index (χ4v) is 3.55. The van der Waals surface area contributed by atoms with E-state index in [1.165, 1.54) is 5.56 Å². The Bertz CT molecular complexity index is 968. The molecule has 3 rings (SSSR count). The predicted molar refractivity (Wildman–Crippen MR) is 115 cm³/mol. The fourth-order valence-electron chi connectivity index (χ4n) is 3.55. The van der Waals surface area contributed by atoms with E-state index in [9.17, 15) is 14.7 Å². The molecule has 7 heteroatoms. The van der Waals surface area contributed by atoms with Gasteiger partial charge >= 0.3 is 0 Å². The number of ether oxygens (including phenoxy) is 2. The lowest BCUT2D eigenvalue weighted by Crippen LogP contribution is -2.39. The van der Waals surface area contributed by atoms with Crippen molar-refractivity contribution in [3.05, 3.63) is 65.2 Å². The zero-order valence-electron chi connectivity index (χ0n) is 18.0. The number of amides is 1. The molecular formula is C24H27N2O5-. The molecule has 0 aromatic heterocycles. The zero-order chi connectivity index (χ0) is 22.4. The molecule has 0 spiro atoms.